The van der Waals surface area contributed by atoms with E-state index in [0.717, 1.165) is 42.8 Å². The van der Waals surface area contributed by atoms with Crippen LogP contribution in [0, 0.1) is 5.92 Å². The number of nitrogens with zero attached hydrogens (tertiary/aromatic N) is 2. The Balaban J connectivity index is 1.22. The number of aromatic nitrogens is 1. The Morgan fingerprint density at radius 1 is 1.11 bits per heavy atom. The molecule has 1 aliphatic carbocycles. The summed E-state index contributed by atoms with van der Waals surface area (Å²) in [5.74, 6) is -0.382. The van der Waals surface area contributed by atoms with Gasteiger partial charge < -0.3 is 21.3 Å². The summed E-state index contributed by atoms with van der Waals surface area (Å²) in [5.41, 5.74) is 3.30. The molecule has 1 aromatic carbocycles. The molecule has 0 radical (unpaired) electrons. The molecule has 1 saturated carbocycles. The van der Waals surface area contributed by atoms with E-state index in [1.165, 1.54) is 17.8 Å². The van der Waals surface area contributed by atoms with Crippen LogP contribution in [-0.2, 0) is 9.59 Å². The van der Waals surface area contributed by atoms with Gasteiger partial charge in [0.2, 0.25) is 5.91 Å². The number of carbonyl (C=O) groups is 3. The van der Waals surface area contributed by atoms with E-state index in [1.54, 1.807) is 6.20 Å². The smallest absolute Gasteiger partial charge is 0.326 e. The van der Waals surface area contributed by atoms with E-state index in [0.29, 0.717) is 17.0 Å². The van der Waals surface area contributed by atoms with Gasteiger partial charge in [-0.15, -0.1) is 0 Å². The highest BCUT2D eigenvalue weighted by molar-refractivity contribution is 8.04. The number of hydrogen-bond acceptors (Lipinski definition) is 6. The molecule has 196 valence electrons. The molecule has 3 fully saturated rings. The second kappa shape index (κ2) is 10.3. The number of benzene rings is 1. The van der Waals surface area contributed by atoms with Crippen LogP contribution in [0.15, 0.2) is 71.9 Å². The molecule has 4 aliphatic rings. The molecule has 0 bridgehead atoms. The lowest BCUT2D eigenvalue weighted by molar-refractivity contribution is -0.117. The maximum atomic E-state index is 13.5. The number of nitrogens with one attached hydrogen (secondary N) is 4. The van der Waals surface area contributed by atoms with Gasteiger partial charge in [0.05, 0.1) is 22.0 Å². The molecular weight excluding hydrogens is 500 g/mol. The fourth-order valence-electron chi connectivity index (χ4n) is 6.01. The van der Waals surface area contributed by atoms with Gasteiger partial charge >= 0.3 is 6.03 Å². The predicted molar refractivity (Wildman–Crippen MR) is 147 cm³/mol. The molecule has 3 aliphatic heterocycles. The topological polar surface area (TPSA) is 115 Å². The van der Waals surface area contributed by atoms with Gasteiger partial charge in [0.1, 0.15) is 0 Å². The number of rotatable bonds is 6. The number of thioether (sulfide) groups is 1. The van der Waals surface area contributed by atoms with Crippen molar-refractivity contribution in [3.63, 3.8) is 0 Å². The first-order valence-electron chi connectivity index (χ1n) is 13.0. The van der Waals surface area contributed by atoms with Crippen molar-refractivity contribution in [2.45, 2.75) is 49.2 Å². The average Bonchev–Trinajstić information content (AvgIpc) is 3.54. The Kier molecular flexibility index (Phi) is 6.67. The second-order valence-corrected chi connectivity index (χ2v) is 11.2. The van der Waals surface area contributed by atoms with Gasteiger partial charge in [-0.05, 0) is 50.4 Å². The maximum Gasteiger partial charge on any atom is 0.326 e. The molecule has 0 spiro atoms. The second-order valence-electron chi connectivity index (χ2n) is 10.1. The zero-order valence-electron chi connectivity index (χ0n) is 20.9. The minimum atomic E-state index is -0.229. The van der Waals surface area contributed by atoms with Crippen molar-refractivity contribution in [2.75, 3.05) is 11.4 Å². The Morgan fingerprint density at radius 3 is 2.68 bits per heavy atom. The largest absolute Gasteiger partial charge is 0.350 e. The molecule has 4 heterocycles. The summed E-state index contributed by atoms with van der Waals surface area (Å²) in [7, 11) is 0. The van der Waals surface area contributed by atoms with Crippen LogP contribution in [0.5, 0.6) is 0 Å². The van der Waals surface area contributed by atoms with Gasteiger partial charge in [0.15, 0.2) is 0 Å². The highest BCUT2D eigenvalue weighted by atomic mass is 32.2. The minimum Gasteiger partial charge on any atom is -0.350 e. The highest BCUT2D eigenvalue weighted by Gasteiger charge is 2.52. The summed E-state index contributed by atoms with van der Waals surface area (Å²) in [6, 6.07) is 13.4. The predicted octanol–water partition coefficient (Wildman–Crippen LogP) is 2.88. The summed E-state index contributed by atoms with van der Waals surface area (Å²) < 4.78 is 0. The molecule has 2 aromatic rings. The minimum absolute atomic E-state index is 0.00578. The summed E-state index contributed by atoms with van der Waals surface area (Å²) in [4.78, 5) is 45.5. The quantitative estimate of drug-likeness (QED) is 0.427. The molecule has 4 amide bonds. The summed E-state index contributed by atoms with van der Waals surface area (Å²) in [5, 5.41) is 12.7. The van der Waals surface area contributed by atoms with Gasteiger partial charge in [0, 0.05) is 41.1 Å². The van der Waals surface area contributed by atoms with Crippen LogP contribution in [0.25, 0.3) is 11.3 Å². The molecule has 5 atom stereocenters. The number of pyridine rings is 1. The Morgan fingerprint density at radius 2 is 1.89 bits per heavy atom. The Bertz CT molecular complexity index is 1310. The van der Waals surface area contributed by atoms with E-state index in [4.69, 9.17) is 0 Å². The maximum absolute atomic E-state index is 13.5. The first kappa shape index (κ1) is 24.7. The monoisotopic (exact) mass is 530 g/mol. The Hall–Kier alpha value is -3.63. The molecule has 1 aromatic heterocycles. The fraction of sp³-hybridized carbons (Fsp3) is 0.357. The number of piperidine rings is 1. The fourth-order valence-corrected chi connectivity index (χ4v) is 7.41. The zero-order chi connectivity index (χ0) is 26.2. The Labute approximate surface area is 225 Å². The number of urea groups is 1. The van der Waals surface area contributed by atoms with Crippen LogP contribution in [0.3, 0.4) is 0 Å². The molecule has 10 heteroatoms. The number of carbonyl (C=O) groups excluding carboxylic acids is 3. The van der Waals surface area contributed by atoms with Gasteiger partial charge in [0.25, 0.3) is 5.91 Å². The summed E-state index contributed by atoms with van der Waals surface area (Å²) in [6.07, 6.45) is 6.07. The lowest BCUT2D eigenvalue weighted by atomic mass is 9.86. The lowest BCUT2D eigenvalue weighted by Crippen LogP contribution is -2.62. The van der Waals surface area contributed by atoms with Gasteiger partial charge in [-0.3, -0.25) is 19.5 Å². The van der Waals surface area contributed by atoms with Gasteiger partial charge in [-0.1, -0.05) is 48.7 Å². The van der Waals surface area contributed by atoms with Crippen molar-refractivity contribution in [3.05, 3.63) is 71.9 Å². The van der Waals surface area contributed by atoms with Crippen LogP contribution in [0.2, 0.25) is 0 Å². The van der Waals surface area contributed by atoms with Crippen LogP contribution < -0.4 is 26.2 Å². The third-order valence-electron chi connectivity index (χ3n) is 7.74. The molecule has 2 saturated heterocycles. The van der Waals surface area contributed by atoms with Gasteiger partial charge in [-0.25, -0.2) is 4.79 Å². The number of anilines is 1. The standard InChI is InChI=1S/C28H30N6O3S/c1-2-22(35)31-17-8-9-18(14-17)32-26(36)25-24-23-21(11-13-30-27(23)38-25)34(28(37)33-24)19-10-12-29-20(15-19)16-6-4-3-5-7-16/h2-7,10,12,15,17-18,21,23,27,30H,1,8-9,11,13-14H2,(H,31,35)(H,32,36)(H,33,37)/t17-,18+,21?,23?,27?/m0/s1. The molecule has 9 nitrogen and oxygen atoms in total. The van der Waals surface area contributed by atoms with Crippen LogP contribution >= 0.6 is 11.8 Å². The van der Waals surface area contributed by atoms with E-state index in [9.17, 15) is 14.4 Å². The third-order valence-corrected chi connectivity index (χ3v) is 9.09. The third kappa shape index (κ3) is 4.58. The molecule has 6 rings (SSSR count). The van der Waals surface area contributed by atoms with E-state index >= 15 is 0 Å². The van der Waals surface area contributed by atoms with Crippen molar-refractivity contribution in [1.82, 2.24) is 26.3 Å². The zero-order valence-corrected chi connectivity index (χ0v) is 21.7. The SMILES string of the molecule is C=CC(=O)N[C@H]1CC[C@@H](NC(=O)C2=C3NC(=O)N(c4ccnc(-c5ccccc5)c4)C4CCNC(S2)C34)C1. The molecular formula is C28H30N6O3S. The van der Waals surface area contributed by atoms with E-state index in [1.807, 2.05) is 47.4 Å². The van der Waals surface area contributed by atoms with Crippen LogP contribution in [0.1, 0.15) is 25.7 Å². The van der Waals surface area contributed by atoms with Gasteiger partial charge in [-0.2, -0.15) is 0 Å². The van der Waals surface area contributed by atoms with Crippen LogP contribution in [0.4, 0.5) is 10.5 Å². The first-order valence-corrected chi connectivity index (χ1v) is 13.9. The molecule has 38 heavy (non-hydrogen) atoms. The van der Waals surface area contributed by atoms with Crippen molar-refractivity contribution < 1.29 is 14.4 Å². The number of amides is 4. The summed E-state index contributed by atoms with van der Waals surface area (Å²) in [6.45, 7) is 4.26. The lowest BCUT2D eigenvalue weighted by Gasteiger charge is -2.45. The highest BCUT2D eigenvalue weighted by Crippen LogP contribution is 2.48. The van der Waals surface area contributed by atoms with Crippen molar-refractivity contribution in [1.29, 1.82) is 0 Å². The van der Waals surface area contributed by atoms with E-state index in [2.05, 4.69) is 32.8 Å². The van der Waals surface area contributed by atoms with Crippen molar-refractivity contribution in [2.24, 2.45) is 5.92 Å². The molecule has 4 N–H and O–H groups in total. The van der Waals surface area contributed by atoms with Crippen molar-refractivity contribution in [3.8, 4) is 11.3 Å². The summed E-state index contributed by atoms with van der Waals surface area (Å²) >= 11 is 1.50. The van der Waals surface area contributed by atoms with Crippen LogP contribution in [-0.4, -0.2) is 52.9 Å². The molecule has 3 unspecified atom stereocenters. The average molecular weight is 531 g/mol. The number of hydrogen-bond donors (Lipinski definition) is 4. The van der Waals surface area contributed by atoms with E-state index in [-0.39, 0.29) is 47.3 Å². The normalized spacial score (nSPS) is 27.9. The first-order chi connectivity index (χ1) is 18.5. The van der Waals surface area contributed by atoms with Crippen molar-refractivity contribution >= 4 is 35.3 Å². The van der Waals surface area contributed by atoms with E-state index < -0.39 is 0 Å².